The van der Waals surface area contributed by atoms with E-state index in [0.717, 1.165) is 25.3 Å². The van der Waals surface area contributed by atoms with Gasteiger partial charge in [0.15, 0.2) is 0 Å². The van der Waals surface area contributed by atoms with Crippen molar-refractivity contribution >= 4 is 12.0 Å². The molecule has 0 aromatic carbocycles. The van der Waals surface area contributed by atoms with E-state index in [2.05, 4.69) is 5.32 Å². The number of nitrogens with zero attached hydrogens (tertiary/aromatic N) is 1. The van der Waals surface area contributed by atoms with E-state index in [-0.39, 0.29) is 6.03 Å². The van der Waals surface area contributed by atoms with Crippen LogP contribution in [0.15, 0.2) is 0 Å². The predicted molar refractivity (Wildman–Crippen MR) is 81.1 cm³/mol. The molecule has 0 radical (unpaired) electrons. The van der Waals surface area contributed by atoms with Gasteiger partial charge >= 0.3 is 12.0 Å². The first-order valence-corrected chi connectivity index (χ1v) is 8.33. The lowest BCUT2D eigenvalue weighted by Gasteiger charge is -2.38. The number of rotatable bonds is 7. The molecular formula is C16H28N2O3. The molecule has 0 bridgehead atoms. The van der Waals surface area contributed by atoms with Gasteiger partial charge in [-0.2, -0.15) is 0 Å². The molecule has 0 aromatic heterocycles. The number of hydrogen-bond donors (Lipinski definition) is 2. The number of carboxylic acids is 1. The molecule has 2 amide bonds. The smallest absolute Gasteiger partial charge is 0.317 e. The fourth-order valence-corrected chi connectivity index (χ4v) is 3.29. The topological polar surface area (TPSA) is 69.6 Å². The van der Waals surface area contributed by atoms with Gasteiger partial charge in [0.25, 0.3) is 0 Å². The van der Waals surface area contributed by atoms with Crippen LogP contribution in [0.2, 0.25) is 0 Å². The van der Waals surface area contributed by atoms with Gasteiger partial charge in [-0.05, 0) is 38.0 Å². The third kappa shape index (κ3) is 4.35. The van der Waals surface area contributed by atoms with Crippen molar-refractivity contribution in [1.82, 2.24) is 10.2 Å². The maximum Gasteiger partial charge on any atom is 0.317 e. The predicted octanol–water partition coefficient (Wildman–Crippen LogP) is 2.85. The van der Waals surface area contributed by atoms with Gasteiger partial charge < -0.3 is 15.3 Å². The molecule has 1 saturated heterocycles. The monoisotopic (exact) mass is 296 g/mol. The fourth-order valence-electron chi connectivity index (χ4n) is 3.29. The Balaban J connectivity index is 1.71. The largest absolute Gasteiger partial charge is 0.481 e. The molecular weight excluding hydrogens is 268 g/mol. The summed E-state index contributed by atoms with van der Waals surface area (Å²) in [5.74, 6) is 0.205. The third-order valence-electron chi connectivity index (χ3n) is 4.95. The molecule has 2 rings (SSSR count). The van der Waals surface area contributed by atoms with E-state index >= 15 is 0 Å². The molecule has 1 aliphatic heterocycles. The van der Waals surface area contributed by atoms with E-state index in [1.807, 2.05) is 6.92 Å². The summed E-state index contributed by atoms with van der Waals surface area (Å²) >= 11 is 0. The van der Waals surface area contributed by atoms with Gasteiger partial charge in [0.2, 0.25) is 0 Å². The number of carboxylic acid groups (broad SMARTS) is 1. The Morgan fingerprint density at radius 3 is 2.48 bits per heavy atom. The van der Waals surface area contributed by atoms with E-state index in [4.69, 9.17) is 0 Å². The molecule has 21 heavy (non-hydrogen) atoms. The second kappa shape index (κ2) is 7.14. The van der Waals surface area contributed by atoms with E-state index in [9.17, 15) is 14.7 Å². The molecule has 1 heterocycles. The molecule has 5 nitrogen and oxygen atoms in total. The summed E-state index contributed by atoms with van der Waals surface area (Å²) in [7, 11) is 0. The fraction of sp³-hybridized carbons (Fsp3) is 0.875. The lowest BCUT2D eigenvalue weighted by Crippen LogP contribution is -2.49. The van der Waals surface area contributed by atoms with E-state index in [0.29, 0.717) is 32.4 Å². The van der Waals surface area contributed by atoms with Crippen LogP contribution >= 0.6 is 0 Å². The molecule has 120 valence electrons. The number of nitrogens with one attached hydrogen (secondary N) is 1. The van der Waals surface area contributed by atoms with Gasteiger partial charge in [0, 0.05) is 19.6 Å². The average molecular weight is 296 g/mol. The summed E-state index contributed by atoms with van der Waals surface area (Å²) < 4.78 is 0. The number of likely N-dealkylation sites (tertiary alicyclic amines) is 1. The molecule has 2 N–H and O–H groups in total. The van der Waals surface area contributed by atoms with Crippen LogP contribution in [0.5, 0.6) is 0 Å². The summed E-state index contributed by atoms with van der Waals surface area (Å²) in [4.78, 5) is 25.3. The van der Waals surface area contributed by atoms with E-state index in [1.54, 1.807) is 4.90 Å². The highest BCUT2D eigenvalue weighted by atomic mass is 16.4. The third-order valence-corrected chi connectivity index (χ3v) is 4.95. The summed E-state index contributed by atoms with van der Waals surface area (Å²) in [5, 5.41) is 12.4. The number of carbonyl (C=O) groups excluding carboxylic acids is 1. The molecule has 0 unspecified atom stereocenters. The molecule has 0 aromatic rings. The van der Waals surface area contributed by atoms with Crippen LogP contribution < -0.4 is 5.32 Å². The number of amides is 2. The first kappa shape index (κ1) is 16.1. The van der Waals surface area contributed by atoms with Crippen LogP contribution in [-0.4, -0.2) is 41.6 Å². The Bertz CT molecular complexity index is 372. The van der Waals surface area contributed by atoms with Gasteiger partial charge in [0.05, 0.1) is 5.41 Å². The Kier molecular flexibility index (Phi) is 5.48. The zero-order valence-corrected chi connectivity index (χ0v) is 13.1. The average Bonchev–Trinajstić information content (AvgIpc) is 3.28. The Labute approximate surface area is 127 Å². The molecule has 1 aliphatic carbocycles. The van der Waals surface area contributed by atoms with Crippen LogP contribution in [-0.2, 0) is 4.79 Å². The van der Waals surface area contributed by atoms with Gasteiger partial charge in [-0.1, -0.05) is 26.2 Å². The van der Waals surface area contributed by atoms with Crippen molar-refractivity contribution in [2.45, 2.75) is 58.3 Å². The molecule has 0 spiro atoms. The van der Waals surface area contributed by atoms with Crippen molar-refractivity contribution in [3.05, 3.63) is 0 Å². The maximum absolute atomic E-state index is 12.1. The van der Waals surface area contributed by atoms with Crippen LogP contribution in [0.4, 0.5) is 4.79 Å². The molecule has 5 heteroatoms. The van der Waals surface area contributed by atoms with E-state index < -0.39 is 11.4 Å². The minimum absolute atomic E-state index is 0.0266. The van der Waals surface area contributed by atoms with Crippen molar-refractivity contribution < 1.29 is 14.7 Å². The second-order valence-electron chi connectivity index (χ2n) is 6.64. The number of urea groups is 1. The molecule has 2 fully saturated rings. The van der Waals surface area contributed by atoms with Gasteiger partial charge in [0.1, 0.15) is 0 Å². The van der Waals surface area contributed by atoms with Crippen molar-refractivity contribution in [3.8, 4) is 0 Å². The lowest BCUT2D eigenvalue weighted by atomic mass is 9.75. The molecule has 1 saturated carbocycles. The van der Waals surface area contributed by atoms with Crippen molar-refractivity contribution in [3.63, 3.8) is 0 Å². The highest BCUT2D eigenvalue weighted by molar-refractivity contribution is 5.77. The number of aliphatic carboxylic acids is 1. The van der Waals surface area contributed by atoms with Crippen LogP contribution in [0.3, 0.4) is 0 Å². The Morgan fingerprint density at radius 1 is 1.29 bits per heavy atom. The highest BCUT2D eigenvalue weighted by Crippen LogP contribution is 2.36. The summed E-state index contributed by atoms with van der Waals surface area (Å²) in [5.41, 5.74) is -0.614. The molecule has 0 atom stereocenters. The standard InChI is InChI=1S/C16H28N2O3/c1-2-7-16(14(19)20)8-11-18(12-9-16)15(21)17-10-3-4-13-5-6-13/h13H,2-12H2,1H3,(H,17,21)(H,19,20). The highest BCUT2D eigenvalue weighted by Gasteiger charge is 2.41. The Morgan fingerprint density at radius 2 is 1.95 bits per heavy atom. The van der Waals surface area contributed by atoms with Gasteiger partial charge in [-0.15, -0.1) is 0 Å². The van der Waals surface area contributed by atoms with Crippen LogP contribution in [0, 0.1) is 11.3 Å². The molecule has 2 aliphatic rings. The minimum Gasteiger partial charge on any atom is -0.481 e. The van der Waals surface area contributed by atoms with Gasteiger partial charge in [-0.25, -0.2) is 4.79 Å². The first-order chi connectivity index (χ1) is 10.1. The number of hydrogen-bond acceptors (Lipinski definition) is 2. The van der Waals surface area contributed by atoms with Crippen LogP contribution in [0.1, 0.15) is 58.3 Å². The maximum atomic E-state index is 12.1. The quantitative estimate of drug-likeness (QED) is 0.710. The van der Waals surface area contributed by atoms with Crippen molar-refractivity contribution in [2.75, 3.05) is 19.6 Å². The summed E-state index contributed by atoms with van der Waals surface area (Å²) in [6, 6.07) is -0.0266. The minimum atomic E-state index is -0.700. The van der Waals surface area contributed by atoms with Crippen LogP contribution in [0.25, 0.3) is 0 Å². The second-order valence-corrected chi connectivity index (χ2v) is 6.64. The first-order valence-electron chi connectivity index (χ1n) is 8.33. The SMILES string of the molecule is CCCC1(C(=O)O)CCN(C(=O)NCCCC2CC2)CC1. The van der Waals surface area contributed by atoms with Crippen molar-refractivity contribution in [1.29, 1.82) is 0 Å². The van der Waals surface area contributed by atoms with Gasteiger partial charge in [-0.3, -0.25) is 4.79 Å². The number of carbonyl (C=O) groups is 2. The lowest BCUT2D eigenvalue weighted by molar-refractivity contribution is -0.152. The zero-order valence-electron chi connectivity index (χ0n) is 13.1. The number of piperidine rings is 1. The normalized spacial score (nSPS) is 21.1. The summed E-state index contributed by atoms with van der Waals surface area (Å²) in [6.07, 6.45) is 7.72. The van der Waals surface area contributed by atoms with E-state index in [1.165, 1.54) is 19.3 Å². The van der Waals surface area contributed by atoms with Crippen molar-refractivity contribution in [2.24, 2.45) is 11.3 Å². The zero-order chi connectivity index (χ0) is 15.3. The summed E-state index contributed by atoms with van der Waals surface area (Å²) in [6.45, 7) is 3.87. The Hall–Kier alpha value is -1.26.